The monoisotopic (exact) mass is 507 g/mol. The molecule has 3 aromatic rings. The number of amides is 2. The summed E-state index contributed by atoms with van der Waals surface area (Å²) in [5.74, 6) is 0.159. The van der Waals surface area contributed by atoms with E-state index in [4.69, 9.17) is 0 Å². The number of nitrogens with one attached hydrogen (secondary N) is 1. The molecule has 5 heterocycles. The first-order chi connectivity index (χ1) is 17.4. The Bertz CT molecular complexity index is 1380. The number of hydrogen-bond donors (Lipinski definition) is 2. The second-order valence-electron chi connectivity index (χ2n) is 9.23. The molecular formula is C24H25N7O4S. The minimum Gasteiger partial charge on any atom is -0.480 e. The van der Waals surface area contributed by atoms with Crippen LogP contribution in [0.1, 0.15) is 38.4 Å². The number of carboxylic acids is 1. The summed E-state index contributed by atoms with van der Waals surface area (Å²) in [6.45, 7) is 2.75. The van der Waals surface area contributed by atoms with Crippen molar-refractivity contribution in [1.82, 2.24) is 19.7 Å². The van der Waals surface area contributed by atoms with Crippen LogP contribution in [0.25, 0.3) is 0 Å². The summed E-state index contributed by atoms with van der Waals surface area (Å²) >= 11 is 1.18. The zero-order valence-electron chi connectivity index (χ0n) is 19.7. The maximum Gasteiger partial charge on any atom is 0.326 e. The number of anilines is 4. The molecule has 0 unspecified atom stereocenters. The molecule has 1 atom stereocenters. The highest BCUT2D eigenvalue weighted by molar-refractivity contribution is 7.17. The number of fused-ring (bicyclic) bond motifs is 2. The number of thiazole rings is 1. The highest BCUT2D eigenvalue weighted by atomic mass is 32.1. The van der Waals surface area contributed by atoms with Crippen molar-refractivity contribution in [1.29, 1.82) is 0 Å². The third kappa shape index (κ3) is 3.77. The van der Waals surface area contributed by atoms with Crippen molar-refractivity contribution in [3.05, 3.63) is 46.5 Å². The number of aromatic nitrogens is 3. The van der Waals surface area contributed by atoms with E-state index in [1.807, 2.05) is 29.9 Å². The van der Waals surface area contributed by atoms with Crippen LogP contribution >= 0.6 is 11.3 Å². The first-order valence-electron chi connectivity index (χ1n) is 11.9. The predicted molar refractivity (Wildman–Crippen MR) is 134 cm³/mol. The molecule has 186 valence electrons. The Labute approximate surface area is 210 Å². The molecule has 11 nitrogen and oxygen atoms in total. The van der Waals surface area contributed by atoms with E-state index < -0.39 is 12.0 Å². The maximum absolute atomic E-state index is 12.9. The minimum absolute atomic E-state index is 0.0497. The van der Waals surface area contributed by atoms with Crippen molar-refractivity contribution >= 4 is 51.6 Å². The third-order valence-corrected chi connectivity index (χ3v) is 8.04. The predicted octanol–water partition coefficient (Wildman–Crippen LogP) is 2.43. The van der Waals surface area contributed by atoms with E-state index in [-0.39, 0.29) is 11.8 Å². The molecule has 6 rings (SSSR count). The maximum atomic E-state index is 12.9. The van der Waals surface area contributed by atoms with Crippen LogP contribution in [0.4, 0.5) is 22.5 Å². The van der Waals surface area contributed by atoms with Crippen LogP contribution in [-0.2, 0) is 17.8 Å². The molecule has 0 spiro atoms. The van der Waals surface area contributed by atoms with Gasteiger partial charge in [-0.1, -0.05) is 11.3 Å². The van der Waals surface area contributed by atoms with Crippen LogP contribution in [0.5, 0.6) is 0 Å². The number of carbonyl (C=O) groups excluding carboxylic acids is 2. The molecule has 0 bridgehead atoms. The standard InChI is InChI=1S/C24H25N7O4S/c1-28-8-6-14-11-15(4-5-16(14)22(28)33)29-9-10-31-20(29)12-19(27-31)26-21(32)18-13-25-24(36-18)30-7-2-3-17(30)23(34)35/h4-5,11-13,17H,2-3,6-10H2,1H3,(H,34,35)(H,26,27,32)/t17-/m0/s1. The van der Waals surface area contributed by atoms with Gasteiger partial charge in [-0.25, -0.2) is 14.5 Å². The smallest absolute Gasteiger partial charge is 0.326 e. The number of aliphatic carboxylic acids is 1. The van der Waals surface area contributed by atoms with E-state index in [9.17, 15) is 19.5 Å². The summed E-state index contributed by atoms with van der Waals surface area (Å²) in [6.07, 6.45) is 3.66. The molecule has 3 aliphatic heterocycles. The van der Waals surface area contributed by atoms with Gasteiger partial charge < -0.3 is 25.1 Å². The highest BCUT2D eigenvalue weighted by Crippen LogP contribution is 2.35. The number of carbonyl (C=O) groups is 3. The number of carboxylic acid groups (broad SMARTS) is 1. The molecule has 0 saturated carbocycles. The van der Waals surface area contributed by atoms with Gasteiger partial charge in [0.15, 0.2) is 10.9 Å². The van der Waals surface area contributed by atoms with E-state index in [1.54, 1.807) is 9.80 Å². The Kier molecular flexibility index (Phi) is 5.40. The van der Waals surface area contributed by atoms with Gasteiger partial charge in [-0.2, -0.15) is 5.10 Å². The molecular weight excluding hydrogens is 482 g/mol. The van der Waals surface area contributed by atoms with E-state index in [0.29, 0.717) is 41.9 Å². The highest BCUT2D eigenvalue weighted by Gasteiger charge is 2.33. The SMILES string of the molecule is CN1CCc2cc(N3CCn4nc(NC(=O)c5cnc(N6CCC[C@H]6C(=O)O)s5)cc43)ccc2C1=O. The Morgan fingerprint density at radius 2 is 2.03 bits per heavy atom. The lowest BCUT2D eigenvalue weighted by Gasteiger charge is -2.26. The van der Waals surface area contributed by atoms with Gasteiger partial charge in [-0.15, -0.1) is 0 Å². The number of hydrogen-bond acceptors (Lipinski definition) is 8. The lowest BCUT2D eigenvalue weighted by Crippen LogP contribution is -2.35. The average Bonchev–Trinajstić information content (AvgIpc) is 3.64. The van der Waals surface area contributed by atoms with Gasteiger partial charge in [0.25, 0.3) is 11.8 Å². The Morgan fingerprint density at radius 1 is 1.17 bits per heavy atom. The summed E-state index contributed by atoms with van der Waals surface area (Å²) in [5.41, 5.74) is 2.79. The number of likely N-dealkylation sites (N-methyl/N-ethyl adjacent to an activating group) is 1. The van der Waals surface area contributed by atoms with Crippen molar-refractivity contribution in [2.24, 2.45) is 0 Å². The second-order valence-corrected chi connectivity index (χ2v) is 10.2. The van der Waals surface area contributed by atoms with Gasteiger partial charge in [0.05, 0.1) is 12.7 Å². The molecule has 1 aromatic carbocycles. The molecule has 0 radical (unpaired) electrons. The zero-order valence-corrected chi connectivity index (χ0v) is 20.5. The Hall–Kier alpha value is -3.93. The van der Waals surface area contributed by atoms with Crippen molar-refractivity contribution in [3.8, 4) is 0 Å². The van der Waals surface area contributed by atoms with Crippen LogP contribution in [0.2, 0.25) is 0 Å². The molecule has 2 aromatic heterocycles. The van der Waals surface area contributed by atoms with Crippen LogP contribution in [-0.4, -0.2) is 75.3 Å². The largest absolute Gasteiger partial charge is 0.480 e. The normalized spacial score (nSPS) is 19.0. The second kappa shape index (κ2) is 8.63. The molecule has 12 heteroatoms. The summed E-state index contributed by atoms with van der Waals surface area (Å²) in [7, 11) is 1.82. The average molecular weight is 508 g/mol. The fourth-order valence-corrected chi connectivity index (χ4v) is 6.00. The Morgan fingerprint density at radius 3 is 2.86 bits per heavy atom. The van der Waals surface area contributed by atoms with Gasteiger partial charge in [0.1, 0.15) is 16.7 Å². The summed E-state index contributed by atoms with van der Waals surface area (Å²) < 4.78 is 1.85. The Balaban J connectivity index is 1.18. The third-order valence-electron chi connectivity index (χ3n) is 7.01. The van der Waals surface area contributed by atoms with Crippen LogP contribution in [0, 0.1) is 0 Å². The summed E-state index contributed by atoms with van der Waals surface area (Å²) in [6, 6.07) is 7.16. The van der Waals surface area contributed by atoms with Gasteiger partial charge in [0, 0.05) is 44.0 Å². The fourth-order valence-electron chi connectivity index (χ4n) is 5.11. The molecule has 3 aliphatic rings. The van der Waals surface area contributed by atoms with Crippen molar-refractivity contribution in [2.45, 2.75) is 31.8 Å². The molecule has 1 saturated heterocycles. The molecule has 2 amide bonds. The zero-order chi connectivity index (χ0) is 25.0. The van der Waals surface area contributed by atoms with E-state index in [1.165, 1.54) is 17.5 Å². The van der Waals surface area contributed by atoms with Crippen LogP contribution in [0.15, 0.2) is 30.5 Å². The lowest BCUT2D eigenvalue weighted by atomic mass is 9.98. The van der Waals surface area contributed by atoms with Gasteiger partial charge >= 0.3 is 5.97 Å². The lowest BCUT2D eigenvalue weighted by molar-refractivity contribution is -0.138. The van der Waals surface area contributed by atoms with Gasteiger partial charge in [-0.3, -0.25) is 9.59 Å². The van der Waals surface area contributed by atoms with E-state index >= 15 is 0 Å². The van der Waals surface area contributed by atoms with Crippen molar-refractivity contribution in [3.63, 3.8) is 0 Å². The number of benzene rings is 1. The van der Waals surface area contributed by atoms with Crippen LogP contribution < -0.4 is 15.1 Å². The number of nitrogens with zero attached hydrogens (tertiary/aromatic N) is 6. The molecule has 0 aliphatic carbocycles. The summed E-state index contributed by atoms with van der Waals surface area (Å²) in [5, 5.41) is 17.3. The first-order valence-corrected chi connectivity index (χ1v) is 12.7. The molecule has 2 N–H and O–H groups in total. The van der Waals surface area contributed by atoms with Crippen molar-refractivity contribution in [2.75, 3.05) is 41.8 Å². The molecule has 1 fully saturated rings. The van der Waals surface area contributed by atoms with E-state index in [0.717, 1.165) is 42.0 Å². The fraction of sp³-hybridized carbons (Fsp3) is 0.375. The van der Waals surface area contributed by atoms with Gasteiger partial charge in [0.2, 0.25) is 0 Å². The van der Waals surface area contributed by atoms with Gasteiger partial charge in [-0.05, 0) is 43.0 Å². The molecule has 36 heavy (non-hydrogen) atoms. The topological polar surface area (TPSA) is 124 Å². The van der Waals surface area contributed by atoms with E-state index in [2.05, 4.69) is 26.4 Å². The minimum atomic E-state index is -0.872. The number of rotatable bonds is 5. The first kappa shape index (κ1) is 22.5. The van der Waals surface area contributed by atoms with Crippen LogP contribution in [0.3, 0.4) is 0 Å². The van der Waals surface area contributed by atoms with Crippen molar-refractivity contribution < 1.29 is 19.5 Å². The quantitative estimate of drug-likeness (QED) is 0.540. The summed E-state index contributed by atoms with van der Waals surface area (Å²) in [4.78, 5) is 47.1.